The van der Waals surface area contributed by atoms with Gasteiger partial charge in [0.1, 0.15) is 6.04 Å². The SMILES string of the molecule is CCCCC(NC(C)CO)C(=O)O. The number of hydrogen-bond donors (Lipinski definition) is 3. The van der Waals surface area contributed by atoms with Gasteiger partial charge in [-0.2, -0.15) is 0 Å². The zero-order chi connectivity index (χ0) is 10.3. The fourth-order valence-corrected chi connectivity index (χ4v) is 1.08. The molecule has 0 bridgehead atoms. The molecule has 0 saturated heterocycles. The van der Waals surface area contributed by atoms with Crippen molar-refractivity contribution in [3.63, 3.8) is 0 Å². The Morgan fingerprint density at radius 1 is 1.54 bits per heavy atom. The topological polar surface area (TPSA) is 69.6 Å². The van der Waals surface area contributed by atoms with Crippen molar-refractivity contribution in [1.29, 1.82) is 0 Å². The van der Waals surface area contributed by atoms with E-state index in [1.807, 2.05) is 6.92 Å². The molecule has 0 spiro atoms. The lowest BCUT2D eigenvalue weighted by Gasteiger charge is -2.17. The number of aliphatic hydroxyl groups excluding tert-OH is 1. The van der Waals surface area contributed by atoms with Crippen LogP contribution in [0.3, 0.4) is 0 Å². The first-order valence-electron chi connectivity index (χ1n) is 4.71. The van der Waals surface area contributed by atoms with Gasteiger partial charge in [0, 0.05) is 6.04 Å². The van der Waals surface area contributed by atoms with Crippen molar-refractivity contribution in [3.8, 4) is 0 Å². The highest BCUT2D eigenvalue weighted by atomic mass is 16.4. The van der Waals surface area contributed by atoms with Crippen LogP contribution in [0.25, 0.3) is 0 Å². The fourth-order valence-electron chi connectivity index (χ4n) is 1.08. The Morgan fingerprint density at radius 2 is 2.15 bits per heavy atom. The molecule has 0 amide bonds. The van der Waals surface area contributed by atoms with Gasteiger partial charge < -0.3 is 10.2 Å². The molecule has 0 heterocycles. The smallest absolute Gasteiger partial charge is 0.320 e. The van der Waals surface area contributed by atoms with E-state index in [-0.39, 0.29) is 12.6 Å². The van der Waals surface area contributed by atoms with Crippen LogP contribution >= 0.6 is 0 Å². The third kappa shape index (κ3) is 5.60. The van der Waals surface area contributed by atoms with Gasteiger partial charge in [0.15, 0.2) is 0 Å². The van der Waals surface area contributed by atoms with Crippen LogP contribution in [0.4, 0.5) is 0 Å². The first kappa shape index (κ1) is 12.4. The van der Waals surface area contributed by atoms with Gasteiger partial charge >= 0.3 is 5.97 Å². The Labute approximate surface area is 79.0 Å². The van der Waals surface area contributed by atoms with Crippen LogP contribution in [-0.4, -0.2) is 34.9 Å². The molecule has 3 N–H and O–H groups in total. The number of rotatable bonds is 7. The van der Waals surface area contributed by atoms with E-state index in [4.69, 9.17) is 10.2 Å². The molecule has 4 nitrogen and oxygen atoms in total. The van der Waals surface area contributed by atoms with Crippen LogP contribution in [0.1, 0.15) is 33.1 Å². The maximum atomic E-state index is 10.7. The molecule has 0 aliphatic rings. The monoisotopic (exact) mass is 189 g/mol. The molecule has 0 aromatic carbocycles. The maximum Gasteiger partial charge on any atom is 0.320 e. The van der Waals surface area contributed by atoms with E-state index < -0.39 is 12.0 Å². The summed E-state index contributed by atoms with van der Waals surface area (Å²) in [5.74, 6) is -0.839. The van der Waals surface area contributed by atoms with E-state index in [0.717, 1.165) is 12.8 Å². The highest BCUT2D eigenvalue weighted by molar-refractivity contribution is 5.73. The lowest BCUT2D eigenvalue weighted by molar-refractivity contribution is -0.140. The third-order valence-electron chi connectivity index (χ3n) is 1.90. The minimum atomic E-state index is -0.839. The molecule has 0 aromatic heterocycles. The predicted molar refractivity (Wildman–Crippen MR) is 50.6 cm³/mol. The highest BCUT2D eigenvalue weighted by Crippen LogP contribution is 2.01. The molecule has 0 saturated carbocycles. The van der Waals surface area contributed by atoms with Crippen molar-refractivity contribution in [2.75, 3.05) is 6.61 Å². The molecule has 0 aliphatic heterocycles. The minimum absolute atomic E-state index is 0.0318. The normalized spacial score (nSPS) is 15.3. The van der Waals surface area contributed by atoms with Gasteiger partial charge in [0.2, 0.25) is 0 Å². The number of hydrogen-bond acceptors (Lipinski definition) is 3. The number of nitrogens with one attached hydrogen (secondary N) is 1. The Morgan fingerprint density at radius 3 is 2.54 bits per heavy atom. The summed E-state index contributed by atoms with van der Waals surface area (Å²) in [6, 6.07) is -0.681. The molecule has 0 aliphatic carbocycles. The Bertz CT molecular complexity index is 150. The standard InChI is InChI=1S/C9H19NO3/c1-3-4-5-8(9(12)13)10-7(2)6-11/h7-8,10-11H,3-6H2,1-2H3,(H,12,13). The predicted octanol–water partition coefficient (Wildman–Crippen LogP) is 0.600. The number of unbranched alkanes of at least 4 members (excludes halogenated alkanes) is 1. The summed E-state index contributed by atoms with van der Waals surface area (Å²) in [6.07, 6.45) is 2.50. The quantitative estimate of drug-likeness (QED) is 0.548. The summed E-state index contributed by atoms with van der Waals surface area (Å²) in [5, 5.41) is 20.4. The first-order valence-corrected chi connectivity index (χ1v) is 4.71. The molecule has 0 radical (unpaired) electrons. The van der Waals surface area contributed by atoms with Crippen molar-refractivity contribution in [2.24, 2.45) is 0 Å². The Kier molecular flexibility index (Phi) is 6.54. The van der Waals surface area contributed by atoms with Gasteiger partial charge in [0.05, 0.1) is 6.61 Å². The summed E-state index contributed by atoms with van der Waals surface area (Å²) in [4.78, 5) is 10.7. The maximum absolute atomic E-state index is 10.7. The van der Waals surface area contributed by atoms with Gasteiger partial charge in [0.25, 0.3) is 0 Å². The van der Waals surface area contributed by atoms with Crippen LogP contribution in [0.5, 0.6) is 0 Å². The van der Waals surface area contributed by atoms with E-state index in [1.165, 1.54) is 0 Å². The fraction of sp³-hybridized carbons (Fsp3) is 0.889. The second-order valence-electron chi connectivity index (χ2n) is 3.28. The molecule has 0 aromatic rings. The van der Waals surface area contributed by atoms with Crippen molar-refractivity contribution in [1.82, 2.24) is 5.32 Å². The molecule has 2 atom stereocenters. The van der Waals surface area contributed by atoms with Gasteiger partial charge in [-0.05, 0) is 13.3 Å². The third-order valence-corrected chi connectivity index (χ3v) is 1.90. The lowest BCUT2D eigenvalue weighted by atomic mass is 10.1. The second kappa shape index (κ2) is 6.86. The van der Waals surface area contributed by atoms with Crippen LogP contribution in [0.2, 0.25) is 0 Å². The number of carboxylic acid groups (broad SMARTS) is 1. The van der Waals surface area contributed by atoms with Crippen molar-refractivity contribution < 1.29 is 15.0 Å². The summed E-state index contributed by atoms with van der Waals surface area (Å²) in [5.41, 5.74) is 0. The molecule has 4 heteroatoms. The van der Waals surface area contributed by atoms with E-state index in [2.05, 4.69) is 5.32 Å². The van der Waals surface area contributed by atoms with Crippen LogP contribution in [-0.2, 0) is 4.79 Å². The van der Waals surface area contributed by atoms with Crippen molar-refractivity contribution >= 4 is 5.97 Å². The largest absolute Gasteiger partial charge is 0.480 e. The molecule has 0 rings (SSSR count). The van der Waals surface area contributed by atoms with Crippen molar-refractivity contribution in [2.45, 2.75) is 45.2 Å². The number of aliphatic hydroxyl groups is 1. The molecule has 13 heavy (non-hydrogen) atoms. The molecular formula is C9H19NO3. The number of aliphatic carboxylic acids is 1. The molecule has 78 valence electrons. The zero-order valence-corrected chi connectivity index (χ0v) is 8.29. The van der Waals surface area contributed by atoms with Gasteiger partial charge in [-0.15, -0.1) is 0 Å². The summed E-state index contributed by atoms with van der Waals surface area (Å²) < 4.78 is 0. The van der Waals surface area contributed by atoms with Crippen molar-refractivity contribution in [3.05, 3.63) is 0 Å². The van der Waals surface area contributed by atoms with Gasteiger partial charge in [-0.25, -0.2) is 0 Å². The summed E-state index contributed by atoms with van der Waals surface area (Å²) in [6.45, 7) is 3.76. The van der Waals surface area contributed by atoms with E-state index in [1.54, 1.807) is 6.92 Å². The highest BCUT2D eigenvalue weighted by Gasteiger charge is 2.17. The molecule has 2 unspecified atom stereocenters. The first-order chi connectivity index (χ1) is 6.11. The second-order valence-corrected chi connectivity index (χ2v) is 3.28. The Hall–Kier alpha value is -0.610. The summed E-state index contributed by atoms with van der Waals surface area (Å²) in [7, 11) is 0. The Balaban J connectivity index is 3.87. The van der Waals surface area contributed by atoms with Crippen LogP contribution in [0, 0.1) is 0 Å². The number of carbonyl (C=O) groups is 1. The van der Waals surface area contributed by atoms with Gasteiger partial charge in [-0.1, -0.05) is 19.8 Å². The van der Waals surface area contributed by atoms with E-state index in [9.17, 15) is 4.79 Å². The van der Waals surface area contributed by atoms with E-state index in [0.29, 0.717) is 6.42 Å². The van der Waals surface area contributed by atoms with Crippen LogP contribution < -0.4 is 5.32 Å². The lowest BCUT2D eigenvalue weighted by Crippen LogP contribution is -2.43. The van der Waals surface area contributed by atoms with Gasteiger partial charge in [-0.3, -0.25) is 10.1 Å². The van der Waals surface area contributed by atoms with Crippen LogP contribution in [0.15, 0.2) is 0 Å². The van der Waals surface area contributed by atoms with E-state index >= 15 is 0 Å². The molecule has 0 fully saturated rings. The molecular weight excluding hydrogens is 170 g/mol. The average Bonchev–Trinajstić information content (AvgIpc) is 2.11. The summed E-state index contributed by atoms with van der Waals surface area (Å²) >= 11 is 0. The average molecular weight is 189 g/mol. The zero-order valence-electron chi connectivity index (χ0n) is 8.29. The minimum Gasteiger partial charge on any atom is -0.480 e. The number of carboxylic acids is 1.